The zero-order chi connectivity index (χ0) is 19.8. The Morgan fingerprint density at radius 1 is 0.929 bits per heavy atom. The van der Waals surface area contributed by atoms with Gasteiger partial charge in [-0.1, -0.05) is 24.3 Å². The Balaban J connectivity index is 2.08. The first-order valence-corrected chi connectivity index (χ1v) is 8.80. The molecule has 0 saturated heterocycles. The van der Waals surface area contributed by atoms with Crippen molar-refractivity contribution in [2.75, 3.05) is 0 Å². The van der Waals surface area contributed by atoms with Gasteiger partial charge in [-0.15, -0.1) is 0 Å². The number of hydrogen-bond acceptors (Lipinski definition) is 4. The normalized spacial score (nSPS) is 10.9. The molecule has 0 atom stereocenters. The topological polar surface area (TPSA) is 78.0 Å². The Morgan fingerprint density at radius 2 is 1.64 bits per heavy atom. The summed E-state index contributed by atoms with van der Waals surface area (Å²) in [4.78, 5) is 28.6. The van der Waals surface area contributed by atoms with Crippen LogP contribution in [0.25, 0.3) is 28.0 Å². The molecule has 0 radical (unpaired) electrons. The Kier molecular flexibility index (Phi) is 4.24. The van der Waals surface area contributed by atoms with Crippen LogP contribution in [0.5, 0.6) is 0 Å². The van der Waals surface area contributed by atoms with Gasteiger partial charge in [-0.3, -0.25) is 19.5 Å². The second kappa shape index (κ2) is 6.74. The number of hydrogen-bond donors (Lipinski definition) is 0. The molecule has 0 aliphatic carbocycles. The van der Waals surface area contributed by atoms with Gasteiger partial charge in [0.2, 0.25) is 0 Å². The highest BCUT2D eigenvalue weighted by Gasteiger charge is 2.17. The number of fused-ring (bicyclic) bond motifs is 1. The smallest absolute Gasteiger partial charge is 0.268 e. The van der Waals surface area contributed by atoms with E-state index < -0.39 is 4.92 Å². The van der Waals surface area contributed by atoms with Gasteiger partial charge in [0, 0.05) is 17.7 Å². The third-order valence-corrected chi connectivity index (χ3v) is 4.93. The van der Waals surface area contributed by atoms with E-state index >= 15 is 0 Å². The first kappa shape index (κ1) is 17.6. The number of nitro benzene ring substituents is 1. The molecule has 6 nitrogen and oxygen atoms in total. The standard InChI is InChI=1S/C22H17N3O3/c1-14-6-5-9-20(15(14)2)24-21(16-10-12-17(13-11-16)25(27)28)23-19-8-4-3-7-18(19)22(24)26/h3-13H,1-2H3. The van der Waals surface area contributed by atoms with Gasteiger partial charge in [-0.25, -0.2) is 4.98 Å². The second-order valence-corrected chi connectivity index (χ2v) is 6.62. The predicted octanol–water partition coefficient (Wildman–Crippen LogP) is 4.58. The van der Waals surface area contributed by atoms with Gasteiger partial charge < -0.3 is 0 Å². The summed E-state index contributed by atoms with van der Waals surface area (Å²) in [5, 5.41) is 11.5. The van der Waals surface area contributed by atoms with Crippen molar-refractivity contribution in [1.29, 1.82) is 0 Å². The van der Waals surface area contributed by atoms with E-state index in [1.165, 1.54) is 12.1 Å². The summed E-state index contributed by atoms with van der Waals surface area (Å²) >= 11 is 0. The summed E-state index contributed by atoms with van der Waals surface area (Å²) < 4.78 is 1.59. The van der Waals surface area contributed by atoms with Crippen molar-refractivity contribution in [1.82, 2.24) is 9.55 Å². The maximum absolute atomic E-state index is 13.4. The molecule has 28 heavy (non-hydrogen) atoms. The summed E-state index contributed by atoms with van der Waals surface area (Å²) in [6, 6.07) is 19.0. The molecule has 6 heteroatoms. The van der Waals surface area contributed by atoms with Gasteiger partial charge >= 0.3 is 0 Å². The Hall–Kier alpha value is -3.80. The quantitative estimate of drug-likeness (QED) is 0.390. The monoisotopic (exact) mass is 371 g/mol. The molecule has 0 unspecified atom stereocenters. The molecule has 0 saturated carbocycles. The largest absolute Gasteiger partial charge is 0.269 e. The van der Waals surface area contributed by atoms with Crippen molar-refractivity contribution in [3.8, 4) is 17.1 Å². The van der Waals surface area contributed by atoms with Crippen LogP contribution in [-0.2, 0) is 0 Å². The SMILES string of the molecule is Cc1cccc(-n2c(-c3ccc([N+](=O)[O-])cc3)nc3ccccc3c2=O)c1C. The van der Waals surface area contributed by atoms with Crippen molar-refractivity contribution in [2.45, 2.75) is 13.8 Å². The fourth-order valence-electron chi connectivity index (χ4n) is 3.26. The number of benzene rings is 3. The maximum Gasteiger partial charge on any atom is 0.269 e. The molecular formula is C22H17N3O3. The number of aryl methyl sites for hydroxylation is 1. The summed E-state index contributed by atoms with van der Waals surface area (Å²) in [5.41, 5.74) is 3.82. The molecule has 3 aromatic carbocycles. The summed E-state index contributed by atoms with van der Waals surface area (Å²) in [6.07, 6.45) is 0. The third kappa shape index (κ3) is 2.85. The van der Waals surface area contributed by atoms with E-state index in [4.69, 9.17) is 4.98 Å². The lowest BCUT2D eigenvalue weighted by Gasteiger charge is -2.16. The van der Waals surface area contributed by atoms with Gasteiger partial charge in [0.15, 0.2) is 0 Å². The average molecular weight is 371 g/mol. The zero-order valence-corrected chi connectivity index (χ0v) is 15.4. The highest BCUT2D eigenvalue weighted by atomic mass is 16.6. The Labute approximate surface area is 160 Å². The zero-order valence-electron chi connectivity index (χ0n) is 15.4. The molecule has 0 N–H and O–H groups in total. The van der Waals surface area contributed by atoms with E-state index in [1.54, 1.807) is 28.8 Å². The number of nitrogens with zero attached hydrogens (tertiary/aromatic N) is 3. The molecule has 4 rings (SSSR count). The van der Waals surface area contributed by atoms with Crippen LogP contribution < -0.4 is 5.56 Å². The van der Waals surface area contributed by atoms with Crippen molar-refractivity contribution in [3.05, 3.63) is 98.3 Å². The lowest BCUT2D eigenvalue weighted by molar-refractivity contribution is -0.384. The molecule has 0 aliphatic rings. The van der Waals surface area contributed by atoms with Crippen LogP contribution in [0.2, 0.25) is 0 Å². The summed E-state index contributed by atoms with van der Waals surface area (Å²) in [6.45, 7) is 3.95. The van der Waals surface area contributed by atoms with E-state index in [-0.39, 0.29) is 11.2 Å². The van der Waals surface area contributed by atoms with Gasteiger partial charge in [-0.2, -0.15) is 0 Å². The Morgan fingerprint density at radius 3 is 2.36 bits per heavy atom. The van der Waals surface area contributed by atoms with Crippen LogP contribution in [0.3, 0.4) is 0 Å². The maximum atomic E-state index is 13.4. The average Bonchev–Trinajstić information content (AvgIpc) is 2.70. The number of nitro groups is 1. The van der Waals surface area contributed by atoms with Crippen LogP contribution in [0.1, 0.15) is 11.1 Å². The van der Waals surface area contributed by atoms with Gasteiger partial charge in [0.05, 0.1) is 21.5 Å². The molecule has 0 spiro atoms. The summed E-state index contributed by atoms with van der Waals surface area (Å²) in [7, 11) is 0. The van der Waals surface area contributed by atoms with Crippen LogP contribution in [0.15, 0.2) is 71.5 Å². The van der Waals surface area contributed by atoms with E-state index in [2.05, 4.69) is 0 Å². The van der Waals surface area contributed by atoms with Crippen LogP contribution in [0.4, 0.5) is 5.69 Å². The molecule has 1 aromatic heterocycles. The highest BCUT2D eigenvalue weighted by Crippen LogP contribution is 2.26. The van der Waals surface area contributed by atoms with E-state index in [9.17, 15) is 14.9 Å². The number of rotatable bonds is 3. The fraction of sp³-hybridized carbons (Fsp3) is 0.0909. The molecule has 1 heterocycles. The first-order chi connectivity index (χ1) is 13.5. The van der Waals surface area contributed by atoms with Crippen LogP contribution >= 0.6 is 0 Å². The Bertz CT molecular complexity index is 1270. The molecule has 0 fully saturated rings. The molecule has 0 bridgehead atoms. The number of aromatic nitrogens is 2. The lowest BCUT2D eigenvalue weighted by atomic mass is 10.1. The minimum absolute atomic E-state index is 0.00910. The van der Waals surface area contributed by atoms with Crippen molar-refractivity contribution < 1.29 is 4.92 Å². The van der Waals surface area contributed by atoms with E-state index in [0.29, 0.717) is 22.3 Å². The minimum atomic E-state index is -0.449. The molecule has 4 aromatic rings. The number of para-hydroxylation sites is 1. The van der Waals surface area contributed by atoms with Gasteiger partial charge in [0.1, 0.15) is 5.82 Å². The van der Waals surface area contributed by atoms with E-state index in [0.717, 1.165) is 16.8 Å². The van der Waals surface area contributed by atoms with Crippen molar-refractivity contribution in [2.24, 2.45) is 0 Å². The second-order valence-electron chi connectivity index (χ2n) is 6.62. The third-order valence-electron chi connectivity index (χ3n) is 4.93. The molecule has 138 valence electrons. The lowest BCUT2D eigenvalue weighted by Crippen LogP contribution is -2.22. The van der Waals surface area contributed by atoms with Crippen LogP contribution in [-0.4, -0.2) is 14.5 Å². The minimum Gasteiger partial charge on any atom is -0.268 e. The van der Waals surface area contributed by atoms with Gasteiger partial charge in [0.25, 0.3) is 11.2 Å². The molecule has 0 amide bonds. The molecular weight excluding hydrogens is 354 g/mol. The fourth-order valence-corrected chi connectivity index (χ4v) is 3.26. The van der Waals surface area contributed by atoms with Crippen LogP contribution in [0, 0.1) is 24.0 Å². The van der Waals surface area contributed by atoms with Gasteiger partial charge in [-0.05, 0) is 55.3 Å². The van der Waals surface area contributed by atoms with Crippen molar-refractivity contribution >= 4 is 16.6 Å². The first-order valence-electron chi connectivity index (χ1n) is 8.80. The van der Waals surface area contributed by atoms with Crippen molar-refractivity contribution in [3.63, 3.8) is 0 Å². The highest BCUT2D eigenvalue weighted by molar-refractivity contribution is 5.80. The number of non-ortho nitro benzene ring substituents is 1. The predicted molar refractivity (Wildman–Crippen MR) is 109 cm³/mol. The van der Waals surface area contributed by atoms with E-state index in [1.807, 2.05) is 44.2 Å². The summed E-state index contributed by atoms with van der Waals surface area (Å²) in [5.74, 6) is 0.451. The molecule has 0 aliphatic heterocycles.